The van der Waals surface area contributed by atoms with Crippen molar-refractivity contribution in [1.82, 2.24) is 9.88 Å². The fourth-order valence-electron chi connectivity index (χ4n) is 0.989. The van der Waals surface area contributed by atoms with E-state index in [1.54, 1.807) is 6.20 Å². The molecule has 0 saturated heterocycles. The maximum absolute atomic E-state index is 4.18. The predicted molar refractivity (Wildman–Crippen MR) is 58.5 cm³/mol. The highest BCUT2D eigenvalue weighted by atomic mass is 79.9. The number of hydrogen-bond acceptors (Lipinski definition) is 2. The van der Waals surface area contributed by atoms with Crippen molar-refractivity contribution in [2.75, 3.05) is 7.05 Å². The summed E-state index contributed by atoms with van der Waals surface area (Å²) >= 11 is 3.44. The molecule has 2 nitrogen and oxygen atoms in total. The van der Waals surface area contributed by atoms with E-state index < -0.39 is 0 Å². The molecule has 0 saturated carbocycles. The molecule has 13 heavy (non-hydrogen) atoms. The van der Waals surface area contributed by atoms with E-state index >= 15 is 0 Å². The first-order valence-electron chi connectivity index (χ1n) is 4.41. The summed E-state index contributed by atoms with van der Waals surface area (Å²) in [5.74, 6) is 0. The van der Waals surface area contributed by atoms with Crippen molar-refractivity contribution in [2.24, 2.45) is 0 Å². The molecule has 0 aromatic carbocycles. The van der Waals surface area contributed by atoms with Gasteiger partial charge in [-0.15, -0.1) is 0 Å². The second-order valence-electron chi connectivity index (χ2n) is 3.46. The van der Waals surface area contributed by atoms with Gasteiger partial charge >= 0.3 is 0 Å². The van der Waals surface area contributed by atoms with Crippen LogP contribution in [0, 0.1) is 0 Å². The Hall–Kier alpha value is -0.410. The van der Waals surface area contributed by atoms with E-state index in [2.05, 4.69) is 52.8 Å². The number of halogens is 1. The average molecular weight is 243 g/mol. The van der Waals surface area contributed by atoms with Crippen molar-refractivity contribution < 1.29 is 0 Å². The normalized spacial score (nSPS) is 11.2. The number of aromatic nitrogens is 1. The topological polar surface area (TPSA) is 16.1 Å². The Morgan fingerprint density at radius 3 is 2.77 bits per heavy atom. The van der Waals surface area contributed by atoms with Crippen LogP contribution in [-0.2, 0) is 6.54 Å². The Morgan fingerprint density at radius 1 is 1.54 bits per heavy atom. The molecule has 0 fully saturated rings. The van der Waals surface area contributed by atoms with Gasteiger partial charge in [0, 0.05) is 18.8 Å². The van der Waals surface area contributed by atoms with Gasteiger partial charge in [0.25, 0.3) is 0 Å². The van der Waals surface area contributed by atoms with Crippen LogP contribution in [0.5, 0.6) is 0 Å². The zero-order valence-corrected chi connectivity index (χ0v) is 9.87. The lowest BCUT2D eigenvalue weighted by molar-refractivity contribution is 0.265. The molecular formula is C10H15BrN2. The summed E-state index contributed by atoms with van der Waals surface area (Å²) in [7, 11) is 2.12. The van der Waals surface area contributed by atoms with E-state index in [-0.39, 0.29) is 0 Å². The second kappa shape index (κ2) is 4.72. The van der Waals surface area contributed by atoms with Gasteiger partial charge in [0.2, 0.25) is 0 Å². The lowest BCUT2D eigenvalue weighted by Crippen LogP contribution is -2.25. The van der Waals surface area contributed by atoms with Crippen LogP contribution in [0.25, 0.3) is 0 Å². The Balaban J connectivity index is 2.69. The molecule has 0 bridgehead atoms. The Bertz CT molecular complexity index is 273. The smallest absolute Gasteiger partial charge is 0.110 e. The molecule has 0 radical (unpaired) electrons. The maximum Gasteiger partial charge on any atom is 0.110 e. The molecule has 0 N–H and O–H groups in total. The predicted octanol–water partition coefficient (Wildman–Crippen LogP) is 2.68. The first kappa shape index (κ1) is 10.7. The van der Waals surface area contributed by atoms with E-state index in [4.69, 9.17) is 0 Å². The summed E-state index contributed by atoms with van der Waals surface area (Å²) < 4.78 is 0.947. The van der Waals surface area contributed by atoms with Crippen molar-refractivity contribution in [3.63, 3.8) is 0 Å². The molecule has 72 valence electrons. The minimum Gasteiger partial charge on any atom is -0.300 e. The highest BCUT2D eigenvalue weighted by molar-refractivity contribution is 9.10. The maximum atomic E-state index is 4.18. The molecule has 0 atom stereocenters. The van der Waals surface area contributed by atoms with Crippen LogP contribution >= 0.6 is 15.9 Å². The lowest BCUT2D eigenvalue weighted by Gasteiger charge is -2.21. The fourth-order valence-corrected chi connectivity index (χ4v) is 1.36. The molecule has 0 aliphatic rings. The van der Waals surface area contributed by atoms with Gasteiger partial charge in [-0.1, -0.05) is 6.07 Å². The number of pyridine rings is 1. The highest BCUT2D eigenvalue weighted by Crippen LogP contribution is 2.14. The first-order valence-corrected chi connectivity index (χ1v) is 5.20. The molecule has 1 heterocycles. The van der Waals surface area contributed by atoms with Crippen molar-refractivity contribution >= 4 is 15.9 Å². The molecular weight excluding hydrogens is 228 g/mol. The van der Waals surface area contributed by atoms with Crippen LogP contribution in [0.15, 0.2) is 22.9 Å². The van der Waals surface area contributed by atoms with Gasteiger partial charge in [-0.25, -0.2) is 4.98 Å². The number of rotatable bonds is 3. The van der Waals surface area contributed by atoms with E-state index in [1.807, 2.05) is 6.07 Å². The van der Waals surface area contributed by atoms with Gasteiger partial charge in [0.15, 0.2) is 0 Å². The van der Waals surface area contributed by atoms with Gasteiger partial charge in [-0.3, -0.25) is 4.90 Å². The third kappa shape index (κ3) is 3.08. The molecule has 1 aromatic rings. The van der Waals surface area contributed by atoms with Crippen LogP contribution in [0.3, 0.4) is 0 Å². The van der Waals surface area contributed by atoms with E-state index in [0.29, 0.717) is 6.04 Å². The van der Waals surface area contributed by atoms with Gasteiger partial charge < -0.3 is 0 Å². The Kier molecular flexibility index (Phi) is 3.88. The standard InChI is InChI=1S/C10H15BrN2/c1-8(2)13(3)7-9-5-4-6-12-10(9)11/h4-6,8H,7H2,1-3H3. The van der Waals surface area contributed by atoms with Gasteiger partial charge in [0.1, 0.15) is 4.60 Å². The van der Waals surface area contributed by atoms with Crippen LogP contribution in [0.2, 0.25) is 0 Å². The van der Waals surface area contributed by atoms with Crippen LogP contribution < -0.4 is 0 Å². The van der Waals surface area contributed by atoms with E-state index in [1.165, 1.54) is 5.56 Å². The third-order valence-electron chi connectivity index (χ3n) is 2.14. The summed E-state index contributed by atoms with van der Waals surface area (Å²) in [6.45, 7) is 5.31. The quantitative estimate of drug-likeness (QED) is 0.759. The second-order valence-corrected chi connectivity index (χ2v) is 4.21. The monoisotopic (exact) mass is 242 g/mol. The van der Waals surface area contributed by atoms with Crippen molar-refractivity contribution in [1.29, 1.82) is 0 Å². The molecule has 0 amide bonds. The number of hydrogen-bond donors (Lipinski definition) is 0. The molecule has 1 aromatic heterocycles. The summed E-state index contributed by atoms with van der Waals surface area (Å²) in [5, 5.41) is 0. The van der Waals surface area contributed by atoms with Crippen molar-refractivity contribution in [3.05, 3.63) is 28.5 Å². The van der Waals surface area contributed by atoms with E-state index in [0.717, 1.165) is 11.1 Å². The largest absolute Gasteiger partial charge is 0.300 e. The van der Waals surface area contributed by atoms with E-state index in [9.17, 15) is 0 Å². The fraction of sp³-hybridized carbons (Fsp3) is 0.500. The molecule has 1 rings (SSSR count). The lowest BCUT2D eigenvalue weighted by atomic mass is 10.2. The third-order valence-corrected chi connectivity index (χ3v) is 2.85. The Morgan fingerprint density at radius 2 is 2.23 bits per heavy atom. The number of nitrogens with zero attached hydrogens (tertiary/aromatic N) is 2. The SMILES string of the molecule is CC(C)N(C)Cc1cccnc1Br. The average Bonchev–Trinajstić information content (AvgIpc) is 2.08. The molecule has 0 spiro atoms. The van der Waals surface area contributed by atoms with Gasteiger partial charge in [0.05, 0.1) is 0 Å². The first-order chi connectivity index (χ1) is 6.11. The zero-order valence-electron chi connectivity index (χ0n) is 8.29. The Labute approximate surface area is 88.1 Å². The van der Waals surface area contributed by atoms with Crippen LogP contribution in [-0.4, -0.2) is 23.0 Å². The van der Waals surface area contributed by atoms with Crippen molar-refractivity contribution in [2.45, 2.75) is 26.4 Å². The highest BCUT2D eigenvalue weighted by Gasteiger charge is 2.06. The summed E-state index contributed by atoms with van der Waals surface area (Å²) in [5.41, 5.74) is 1.23. The molecule has 3 heteroatoms. The minimum absolute atomic E-state index is 0.562. The molecule has 0 unspecified atom stereocenters. The van der Waals surface area contributed by atoms with Gasteiger partial charge in [-0.05, 0) is 48.5 Å². The summed E-state index contributed by atoms with van der Waals surface area (Å²) in [6.07, 6.45) is 1.79. The van der Waals surface area contributed by atoms with Crippen molar-refractivity contribution in [3.8, 4) is 0 Å². The minimum atomic E-state index is 0.562. The van der Waals surface area contributed by atoms with Crippen LogP contribution in [0.4, 0.5) is 0 Å². The summed E-state index contributed by atoms with van der Waals surface area (Å²) in [6, 6.07) is 4.62. The summed E-state index contributed by atoms with van der Waals surface area (Å²) in [4.78, 5) is 6.46. The molecule has 0 aliphatic heterocycles. The molecule has 0 aliphatic carbocycles. The van der Waals surface area contributed by atoms with Crippen LogP contribution in [0.1, 0.15) is 19.4 Å². The van der Waals surface area contributed by atoms with Gasteiger partial charge in [-0.2, -0.15) is 0 Å². The zero-order chi connectivity index (χ0) is 9.84.